The lowest BCUT2D eigenvalue weighted by Crippen LogP contribution is -2.25. The van der Waals surface area contributed by atoms with Crippen molar-refractivity contribution in [1.82, 2.24) is 15.3 Å². The molecule has 25 heavy (non-hydrogen) atoms. The Kier molecular flexibility index (Phi) is 6.29. The van der Waals surface area contributed by atoms with E-state index in [1.807, 2.05) is 24.7 Å². The second-order valence-electron chi connectivity index (χ2n) is 6.34. The van der Waals surface area contributed by atoms with Crippen molar-refractivity contribution in [1.29, 1.82) is 0 Å². The molecule has 2 aromatic heterocycles. The summed E-state index contributed by atoms with van der Waals surface area (Å²) in [6, 6.07) is 19.2. The topological polar surface area (TPSA) is 37.8 Å². The molecule has 2 heterocycles. The van der Waals surface area contributed by atoms with Crippen molar-refractivity contribution in [3.05, 3.63) is 95.6 Å². The summed E-state index contributed by atoms with van der Waals surface area (Å²) in [5, 5.41) is 3.70. The third-order valence-electron chi connectivity index (χ3n) is 4.53. The molecule has 0 aliphatic heterocycles. The fraction of sp³-hybridized carbons (Fsp3) is 0.273. The van der Waals surface area contributed by atoms with Gasteiger partial charge >= 0.3 is 0 Å². The number of aromatic nitrogens is 2. The Bertz CT molecular complexity index is 756. The van der Waals surface area contributed by atoms with Crippen LogP contribution in [0, 0.1) is 6.92 Å². The van der Waals surface area contributed by atoms with Crippen molar-refractivity contribution in [2.45, 2.75) is 32.2 Å². The van der Waals surface area contributed by atoms with Crippen molar-refractivity contribution in [2.24, 2.45) is 0 Å². The number of hydrogen-bond acceptors (Lipinski definition) is 3. The standard InChI is InChI=1S/C22H25N3/c1-18-17-23-15-12-20(18)13-16-25-22(21-9-5-6-14-24-21)11-10-19-7-3-2-4-8-19/h2-9,12,14-15,17,22,25H,10-11,13,16H2,1H3. The third kappa shape index (κ3) is 5.23. The minimum absolute atomic E-state index is 0.267. The van der Waals surface area contributed by atoms with Gasteiger partial charge < -0.3 is 5.32 Å². The zero-order valence-corrected chi connectivity index (χ0v) is 14.7. The van der Waals surface area contributed by atoms with Crippen LogP contribution in [0.1, 0.15) is 34.8 Å². The van der Waals surface area contributed by atoms with E-state index in [0.717, 1.165) is 31.5 Å². The minimum atomic E-state index is 0.267. The highest BCUT2D eigenvalue weighted by molar-refractivity contribution is 5.22. The SMILES string of the molecule is Cc1cnccc1CCNC(CCc1ccccc1)c1ccccn1. The van der Waals surface area contributed by atoms with Gasteiger partial charge in [-0.15, -0.1) is 0 Å². The molecule has 0 saturated heterocycles. The lowest BCUT2D eigenvalue weighted by atomic mass is 10.0. The molecule has 0 amide bonds. The first kappa shape index (κ1) is 17.3. The molecule has 0 aliphatic rings. The van der Waals surface area contributed by atoms with Crippen LogP contribution < -0.4 is 5.32 Å². The summed E-state index contributed by atoms with van der Waals surface area (Å²) in [6.45, 7) is 3.05. The maximum Gasteiger partial charge on any atom is 0.0573 e. The second-order valence-corrected chi connectivity index (χ2v) is 6.34. The van der Waals surface area contributed by atoms with Crippen LogP contribution in [0.2, 0.25) is 0 Å². The van der Waals surface area contributed by atoms with Crippen molar-refractivity contribution in [2.75, 3.05) is 6.54 Å². The van der Waals surface area contributed by atoms with E-state index in [1.165, 1.54) is 16.7 Å². The van der Waals surface area contributed by atoms with Crippen LogP contribution in [0.5, 0.6) is 0 Å². The molecule has 0 fully saturated rings. The summed E-state index contributed by atoms with van der Waals surface area (Å²) in [5.74, 6) is 0. The maximum absolute atomic E-state index is 4.56. The number of hydrogen-bond donors (Lipinski definition) is 1. The Morgan fingerprint density at radius 3 is 2.52 bits per heavy atom. The van der Waals surface area contributed by atoms with E-state index >= 15 is 0 Å². The van der Waals surface area contributed by atoms with E-state index < -0.39 is 0 Å². The smallest absolute Gasteiger partial charge is 0.0573 e. The molecule has 0 bridgehead atoms. The van der Waals surface area contributed by atoms with Crippen LogP contribution in [0.15, 0.2) is 73.2 Å². The average molecular weight is 331 g/mol. The van der Waals surface area contributed by atoms with E-state index in [1.54, 1.807) is 0 Å². The van der Waals surface area contributed by atoms with Gasteiger partial charge in [0.1, 0.15) is 0 Å². The predicted molar refractivity (Wildman–Crippen MR) is 102 cm³/mol. The maximum atomic E-state index is 4.56. The van der Waals surface area contributed by atoms with Crippen LogP contribution in [0.25, 0.3) is 0 Å². The van der Waals surface area contributed by atoms with E-state index in [4.69, 9.17) is 0 Å². The van der Waals surface area contributed by atoms with E-state index in [-0.39, 0.29) is 6.04 Å². The van der Waals surface area contributed by atoms with Gasteiger partial charge in [-0.1, -0.05) is 36.4 Å². The Morgan fingerprint density at radius 1 is 0.920 bits per heavy atom. The summed E-state index contributed by atoms with van der Waals surface area (Å²) >= 11 is 0. The van der Waals surface area contributed by atoms with Gasteiger partial charge in [0.05, 0.1) is 5.69 Å². The molecule has 3 aromatic rings. The highest BCUT2D eigenvalue weighted by atomic mass is 14.9. The van der Waals surface area contributed by atoms with Gasteiger partial charge in [-0.25, -0.2) is 0 Å². The Morgan fingerprint density at radius 2 is 1.76 bits per heavy atom. The zero-order valence-electron chi connectivity index (χ0n) is 14.7. The van der Waals surface area contributed by atoms with Crippen molar-refractivity contribution in [3.63, 3.8) is 0 Å². The molecule has 1 aromatic carbocycles. The molecule has 128 valence electrons. The summed E-state index contributed by atoms with van der Waals surface area (Å²) < 4.78 is 0. The van der Waals surface area contributed by atoms with Crippen LogP contribution >= 0.6 is 0 Å². The molecule has 3 heteroatoms. The van der Waals surface area contributed by atoms with E-state index in [9.17, 15) is 0 Å². The fourth-order valence-corrected chi connectivity index (χ4v) is 3.06. The van der Waals surface area contributed by atoms with Gasteiger partial charge in [0.2, 0.25) is 0 Å². The molecule has 1 atom stereocenters. The lowest BCUT2D eigenvalue weighted by Gasteiger charge is -2.19. The number of benzene rings is 1. The molecule has 0 radical (unpaired) electrons. The monoisotopic (exact) mass is 331 g/mol. The molecule has 1 unspecified atom stereocenters. The second kappa shape index (κ2) is 9.09. The van der Waals surface area contributed by atoms with Crippen molar-refractivity contribution in [3.8, 4) is 0 Å². The molecule has 0 aliphatic carbocycles. The fourth-order valence-electron chi connectivity index (χ4n) is 3.06. The van der Waals surface area contributed by atoms with Crippen LogP contribution in [0.3, 0.4) is 0 Å². The lowest BCUT2D eigenvalue weighted by molar-refractivity contribution is 0.492. The number of pyridine rings is 2. The highest BCUT2D eigenvalue weighted by Gasteiger charge is 2.12. The van der Waals surface area contributed by atoms with Gasteiger partial charge in [-0.3, -0.25) is 9.97 Å². The molecule has 3 nitrogen and oxygen atoms in total. The van der Waals surface area contributed by atoms with Crippen LogP contribution in [0.4, 0.5) is 0 Å². The first-order valence-electron chi connectivity index (χ1n) is 8.90. The quantitative estimate of drug-likeness (QED) is 0.669. The van der Waals surface area contributed by atoms with Gasteiger partial charge in [0.25, 0.3) is 0 Å². The van der Waals surface area contributed by atoms with Crippen molar-refractivity contribution < 1.29 is 0 Å². The zero-order chi connectivity index (χ0) is 17.3. The normalized spacial score (nSPS) is 12.0. The average Bonchev–Trinajstić information content (AvgIpc) is 2.67. The van der Waals surface area contributed by atoms with Gasteiger partial charge in [-0.2, -0.15) is 0 Å². The molecule has 3 rings (SSSR count). The highest BCUT2D eigenvalue weighted by Crippen LogP contribution is 2.17. The van der Waals surface area contributed by atoms with Crippen molar-refractivity contribution >= 4 is 0 Å². The van der Waals surface area contributed by atoms with E-state index in [2.05, 4.69) is 70.7 Å². The Hall–Kier alpha value is -2.52. The number of aryl methyl sites for hydroxylation is 2. The molecular formula is C22H25N3. The van der Waals surface area contributed by atoms with Gasteiger partial charge in [0, 0.05) is 24.6 Å². The largest absolute Gasteiger partial charge is 0.308 e. The first-order chi connectivity index (χ1) is 12.3. The number of nitrogens with zero attached hydrogens (tertiary/aromatic N) is 2. The Labute approximate surface area is 150 Å². The molecular weight excluding hydrogens is 306 g/mol. The molecule has 0 spiro atoms. The third-order valence-corrected chi connectivity index (χ3v) is 4.53. The minimum Gasteiger partial charge on any atom is -0.308 e. The predicted octanol–water partition coefficient (Wildman–Crippen LogP) is 4.29. The summed E-state index contributed by atoms with van der Waals surface area (Å²) in [7, 11) is 0. The number of nitrogens with one attached hydrogen (secondary N) is 1. The van der Waals surface area contributed by atoms with Crippen LogP contribution in [-0.4, -0.2) is 16.5 Å². The van der Waals surface area contributed by atoms with E-state index in [0.29, 0.717) is 0 Å². The van der Waals surface area contributed by atoms with Gasteiger partial charge in [0.15, 0.2) is 0 Å². The first-order valence-corrected chi connectivity index (χ1v) is 8.90. The molecule has 1 N–H and O–H groups in total. The van der Waals surface area contributed by atoms with Gasteiger partial charge in [-0.05, 0) is 67.6 Å². The summed E-state index contributed by atoms with van der Waals surface area (Å²) in [4.78, 5) is 8.73. The summed E-state index contributed by atoms with van der Waals surface area (Å²) in [6.07, 6.45) is 8.76. The Balaban J connectivity index is 1.61. The van der Waals surface area contributed by atoms with Crippen LogP contribution in [-0.2, 0) is 12.8 Å². The summed E-state index contributed by atoms with van der Waals surface area (Å²) in [5.41, 5.74) is 5.09. The number of rotatable bonds is 8. The molecule has 0 saturated carbocycles.